The summed E-state index contributed by atoms with van der Waals surface area (Å²) in [6, 6.07) is 5.92. The molecule has 1 aliphatic heterocycles. The number of hydrogen-bond acceptors (Lipinski definition) is 3. The Kier molecular flexibility index (Phi) is 3.47. The second-order valence-electron chi connectivity index (χ2n) is 7.12. The predicted octanol–water partition coefficient (Wildman–Crippen LogP) is 3.34. The smallest absolute Gasteiger partial charge is 0.254 e. The van der Waals surface area contributed by atoms with Crippen molar-refractivity contribution in [3.8, 4) is 0 Å². The molecule has 0 saturated heterocycles. The monoisotopic (exact) mass is 354 g/mol. The summed E-state index contributed by atoms with van der Waals surface area (Å²) in [5.74, 6) is 1.34. The SMILES string of the molecule is O=c1[nH]c(C2CC2)nc2c1CCN(Cc1c[nH]c3ccc(Cl)cc13)C2. The van der Waals surface area contributed by atoms with Gasteiger partial charge in [-0.25, -0.2) is 4.98 Å². The molecule has 5 rings (SSSR count). The summed E-state index contributed by atoms with van der Waals surface area (Å²) >= 11 is 6.15. The van der Waals surface area contributed by atoms with E-state index in [1.165, 1.54) is 5.56 Å². The van der Waals surface area contributed by atoms with Crippen LogP contribution in [-0.2, 0) is 19.5 Å². The van der Waals surface area contributed by atoms with Gasteiger partial charge in [-0.15, -0.1) is 0 Å². The summed E-state index contributed by atoms with van der Waals surface area (Å²) in [6.07, 6.45) is 5.09. The van der Waals surface area contributed by atoms with Gasteiger partial charge in [-0.2, -0.15) is 0 Å². The van der Waals surface area contributed by atoms with Crippen LogP contribution in [0.3, 0.4) is 0 Å². The molecule has 1 fully saturated rings. The first-order valence-corrected chi connectivity index (χ1v) is 9.15. The highest BCUT2D eigenvalue weighted by Gasteiger charge is 2.29. The van der Waals surface area contributed by atoms with E-state index >= 15 is 0 Å². The van der Waals surface area contributed by atoms with Crippen LogP contribution < -0.4 is 5.56 Å². The number of H-pyrrole nitrogens is 2. The first kappa shape index (κ1) is 15.2. The molecule has 0 atom stereocenters. The van der Waals surface area contributed by atoms with Gasteiger partial charge < -0.3 is 9.97 Å². The van der Waals surface area contributed by atoms with Gasteiger partial charge in [0.05, 0.1) is 5.69 Å². The maximum Gasteiger partial charge on any atom is 0.254 e. The average Bonchev–Trinajstić information content (AvgIpc) is 3.38. The van der Waals surface area contributed by atoms with Gasteiger partial charge in [0.1, 0.15) is 5.82 Å². The number of halogens is 1. The lowest BCUT2D eigenvalue weighted by molar-refractivity contribution is 0.241. The molecule has 0 amide bonds. The second kappa shape index (κ2) is 5.71. The Hall–Kier alpha value is -2.11. The Balaban J connectivity index is 1.43. The fraction of sp³-hybridized carbons (Fsp3) is 0.368. The van der Waals surface area contributed by atoms with Gasteiger partial charge in [-0.05, 0) is 43.0 Å². The van der Waals surface area contributed by atoms with Crippen molar-refractivity contribution in [2.75, 3.05) is 6.54 Å². The zero-order valence-electron chi connectivity index (χ0n) is 13.8. The van der Waals surface area contributed by atoms with E-state index < -0.39 is 0 Å². The van der Waals surface area contributed by atoms with E-state index in [9.17, 15) is 4.79 Å². The second-order valence-corrected chi connectivity index (χ2v) is 7.55. The minimum atomic E-state index is 0.0606. The van der Waals surface area contributed by atoms with Crippen LogP contribution in [0.2, 0.25) is 5.02 Å². The molecule has 3 heterocycles. The highest BCUT2D eigenvalue weighted by Crippen LogP contribution is 2.38. The molecule has 0 unspecified atom stereocenters. The molecule has 0 bridgehead atoms. The Morgan fingerprint density at radius 1 is 1.32 bits per heavy atom. The van der Waals surface area contributed by atoms with Crippen LogP contribution in [0.5, 0.6) is 0 Å². The van der Waals surface area contributed by atoms with Crippen molar-refractivity contribution in [2.45, 2.75) is 38.3 Å². The topological polar surface area (TPSA) is 64.8 Å². The van der Waals surface area contributed by atoms with Crippen LogP contribution in [0.15, 0.2) is 29.2 Å². The molecule has 2 aliphatic rings. The maximum absolute atomic E-state index is 12.3. The van der Waals surface area contributed by atoms with E-state index in [0.29, 0.717) is 5.92 Å². The zero-order chi connectivity index (χ0) is 17.0. The van der Waals surface area contributed by atoms with Crippen LogP contribution in [0.1, 0.15) is 41.4 Å². The molecule has 5 nitrogen and oxygen atoms in total. The Labute approximate surface area is 150 Å². The molecule has 0 radical (unpaired) electrons. The van der Waals surface area contributed by atoms with Crippen molar-refractivity contribution in [1.82, 2.24) is 19.9 Å². The first-order chi connectivity index (χ1) is 12.2. The summed E-state index contributed by atoms with van der Waals surface area (Å²) in [5, 5.41) is 1.91. The minimum absolute atomic E-state index is 0.0606. The van der Waals surface area contributed by atoms with Gasteiger partial charge in [0, 0.05) is 53.2 Å². The quantitative estimate of drug-likeness (QED) is 0.758. The molecule has 6 heteroatoms. The standard InChI is InChI=1S/C19H19ClN4O/c20-13-3-4-16-15(7-13)12(8-21-16)9-24-6-5-14-17(10-24)22-18(11-1-2-11)23-19(14)25/h3-4,7-8,11,21H,1-2,5-6,9-10H2,(H,22,23,25). The highest BCUT2D eigenvalue weighted by atomic mass is 35.5. The van der Waals surface area contributed by atoms with Gasteiger partial charge in [0.2, 0.25) is 0 Å². The van der Waals surface area contributed by atoms with Gasteiger partial charge in [0.25, 0.3) is 5.56 Å². The molecule has 1 aromatic carbocycles. The molecular weight excluding hydrogens is 336 g/mol. The van der Waals surface area contributed by atoms with Gasteiger partial charge in [0.15, 0.2) is 0 Å². The van der Waals surface area contributed by atoms with Crippen LogP contribution >= 0.6 is 11.6 Å². The predicted molar refractivity (Wildman–Crippen MR) is 98.0 cm³/mol. The lowest BCUT2D eigenvalue weighted by Crippen LogP contribution is -2.35. The molecule has 1 saturated carbocycles. The summed E-state index contributed by atoms with van der Waals surface area (Å²) in [7, 11) is 0. The number of aromatic nitrogens is 3. The number of nitrogens with zero attached hydrogens (tertiary/aromatic N) is 2. The summed E-state index contributed by atoms with van der Waals surface area (Å²) in [6.45, 7) is 2.42. The Morgan fingerprint density at radius 2 is 2.20 bits per heavy atom. The zero-order valence-corrected chi connectivity index (χ0v) is 14.6. The fourth-order valence-corrected chi connectivity index (χ4v) is 3.89. The Morgan fingerprint density at radius 3 is 3.04 bits per heavy atom. The average molecular weight is 355 g/mol. The lowest BCUT2D eigenvalue weighted by atomic mass is 10.1. The number of benzene rings is 1. The molecule has 25 heavy (non-hydrogen) atoms. The number of rotatable bonds is 3. The lowest BCUT2D eigenvalue weighted by Gasteiger charge is -2.27. The number of nitrogens with one attached hydrogen (secondary N) is 2. The third kappa shape index (κ3) is 2.77. The van der Waals surface area contributed by atoms with E-state index in [4.69, 9.17) is 16.6 Å². The largest absolute Gasteiger partial charge is 0.361 e. The normalized spacial score (nSPS) is 17.8. The molecule has 2 N–H and O–H groups in total. The number of fused-ring (bicyclic) bond motifs is 2. The molecule has 1 aliphatic carbocycles. The fourth-order valence-electron chi connectivity index (χ4n) is 3.72. The summed E-state index contributed by atoms with van der Waals surface area (Å²) in [4.78, 5) is 25.7. The minimum Gasteiger partial charge on any atom is -0.361 e. The molecule has 0 spiro atoms. The molecule has 3 aromatic rings. The van der Waals surface area contributed by atoms with E-state index in [-0.39, 0.29) is 5.56 Å². The van der Waals surface area contributed by atoms with Gasteiger partial charge in [-0.1, -0.05) is 11.6 Å². The third-order valence-corrected chi connectivity index (χ3v) is 5.49. The summed E-state index contributed by atoms with van der Waals surface area (Å²) < 4.78 is 0. The summed E-state index contributed by atoms with van der Waals surface area (Å²) in [5.41, 5.74) is 4.21. The number of hydrogen-bond donors (Lipinski definition) is 2. The Bertz CT molecular complexity index is 1020. The van der Waals surface area contributed by atoms with E-state index in [1.807, 2.05) is 18.2 Å². The van der Waals surface area contributed by atoms with Crippen LogP contribution in [0, 0.1) is 0 Å². The van der Waals surface area contributed by atoms with Crippen LogP contribution in [-0.4, -0.2) is 26.4 Å². The van der Waals surface area contributed by atoms with Crippen molar-refractivity contribution in [3.05, 3.63) is 62.4 Å². The van der Waals surface area contributed by atoms with Crippen molar-refractivity contribution in [3.63, 3.8) is 0 Å². The van der Waals surface area contributed by atoms with Crippen molar-refractivity contribution in [1.29, 1.82) is 0 Å². The van der Waals surface area contributed by atoms with E-state index in [0.717, 1.165) is 71.9 Å². The maximum atomic E-state index is 12.3. The van der Waals surface area contributed by atoms with Gasteiger partial charge in [-0.3, -0.25) is 9.69 Å². The third-order valence-electron chi connectivity index (χ3n) is 5.26. The molecular formula is C19H19ClN4O. The van der Waals surface area contributed by atoms with Crippen molar-refractivity contribution >= 4 is 22.5 Å². The van der Waals surface area contributed by atoms with Crippen molar-refractivity contribution in [2.24, 2.45) is 0 Å². The van der Waals surface area contributed by atoms with Crippen LogP contribution in [0.4, 0.5) is 0 Å². The molecule has 2 aromatic heterocycles. The van der Waals surface area contributed by atoms with Crippen molar-refractivity contribution < 1.29 is 0 Å². The first-order valence-electron chi connectivity index (χ1n) is 8.77. The van der Waals surface area contributed by atoms with Crippen LogP contribution in [0.25, 0.3) is 10.9 Å². The van der Waals surface area contributed by atoms with Gasteiger partial charge >= 0.3 is 0 Å². The highest BCUT2D eigenvalue weighted by molar-refractivity contribution is 6.31. The van der Waals surface area contributed by atoms with E-state index in [2.05, 4.69) is 21.1 Å². The molecule has 128 valence electrons. The number of aromatic amines is 2. The van der Waals surface area contributed by atoms with E-state index in [1.54, 1.807) is 0 Å².